The highest BCUT2D eigenvalue weighted by atomic mass is 19.4. The van der Waals surface area contributed by atoms with Gasteiger partial charge in [0, 0.05) is 6.04 Å². The third-order valence-corrected chi connectivity index (χ3v) is 2.89. The van der Waals surface area contributed by atoms with Crippen molar-refractivity contribution in [1.29, 1.82) is 0 Å². The number of carbonyl (C=O) groups is 2. The van der Waals surface area contributed by atoms with E-state index in [0.29, 0.717) is 25.9 Å². The molecule has 0 bridgehead atoms. The molecule has 0 radical (unpaired) electrons. The third kappa shape index (κ3) is 6.20. The van der Waals surface area contributed by atoms with Crippen molar-refractivity contribution in [2.45, 2.75) is 25.1 Å². The molecule has 116 valence electrons. The Balaban J connectivity index is 2.53. The molecule has 0 aliphatic carbocycles. The zero-order valence-electron chi connectivity index (χ0n) is 10.9. The van der Waals surface area contributed by atoms with Crippen LogP contribution >= 0.6 is 0 Å². The summed E-state index contributed by atoms with van der Waals surface area (Å²) in [6.45, 7) is -1.15. The van der Waals surface area contributed by atoms with E-state index >= 15 is 0 Å². The van der Waals surface area contributed by atoms with Gasteiger partial charge in [0.05, 0.1) is 6.54 Å². The summed E-state index contributed by atoms with van der Waals surface area (Å²) in [5.41, 5.74) is 5.07. The van der Waals surface area contributed by atoms with E-state index in [-0.39, 0.29) is 12.6 Å². The minimum Gasteiger partial charge on any atom is -0.368 e. The largest absolute Gasteiger partial charge is 0.411 e. The fraction of sp³-hybridized carbons (Fsp3) is 0.818. The Morgan fingerprint density at radius 2 is 1.90 bits per heavy atom. The molecule has 2 amide bonds. The van der Waals surface area contributed by atoms with Gasteiger partial charge in [0.25, 0.3) is 0 Å². The molecular formula is C11H18F3N3O3. The van der Waals surface area contributed by atoms with Crippen LogP contribution in [0.1, 0.15) is 12.8 Å². The summed E-state index contributed by atoms with van der Waals surface area (Å²) < 4.78 is 40.1. The highest BCUT2D eigenvalue weighted by Crippen LogP contribution is 2.15. The van der Waals surface area contributed by atoms with Gasteiger partial charge in [-0.3, -0.25) is 9.59 Å². The van der Waals surface area contributed by atoms with Crippen LogP contribution < -0.4 is 11.1 Å². The van der Waals surface area contributed by atoms with Crippen molar-refractivity contribution >= 4 is 11.8 Å². The van der Waals surface area contributed by atoms with Gasteiger partial charge in [-0.25, -0.2) is 0 Å². The van der Waals surface area contributed by atoms with E-state index in [1.807, 2.05) is 0 Å². The lowest BCUT2D eigenvalue weighted by Crippen LogP contribution is -2.50. The predicted molar refractivity (Wildman–Crippen MR) is 63.7 cm³/mol. The molecule has 0 unspecified atom stereocenters. The maximum Gasteiger partial charge on any atom is 0.411 e. The first kappa shape index (κ1) is 16.7. The quantitative estimate of drug-likeness (QED) is 0.700. The number of amides is 2. The van der Waals surface area contributed by atoms with Crippen LogP contribution in [-0.4, -0.2) is 61.8 Å². The summed E-state index contributed by atoms with van der Waals surface area (Å²) in [6.07, 6.45) is -3.24. The lowest BCUT2D eigenvalue weighted by molar-refractivity contribution is -0.178. The topological polar surface area (TPSA) is 84.7 Å². The summed E-state index contributed by atoms with van der Waals surface area (Å²) in [7, 11) is 0. The Bertz CT molecular complexity index is 344. The SMILES string of the molecule is NC(=O)CN(C(=O)COCC(F)(F)F)C1CCNCC1. The Morgan fingerprint density at radius 3 is 2.40 bits per heavy atom. The Morgan fingerprint density at radius 1 is 1.30 bits per heavy atom. The molecule has 1 saturated heterocycles. The Labute approximate surface area is 114 Å². The molecule has 9 heteroatoms. The van der Waals surface area contributed by atoms with Crippen LogP contribution in [-0.2, 0) is 14.3 Å². The number of hydrogen-bond acceptors (Lipinski definition) is 4. The first-order valence-corrected chi connectivity index (χ1v) is 6.22. The molecule has 0 aromatic heterocycles. The molecule has 3 N–H and O–H groups in total. The molecule has 1 fully saturated rings. The summed E-state index contributed by atoms with van der Waals surface area (Å²) in [6, 6.07) is -0.203. The first-order valence-electron chi connectivity index (χ1n) is 6.22. The van der Waals surface area contributed by atoms with Crippen LogP contribution in [0.5, 0.6) is 0 Å². The minimum atomic E-state index is -4.48. The number of alkyl halides is 3. The second kappa shape index (κ2) is 7.44. The maximum atomic E-state index is 11.9. The van der Waals surface area contributed by atoms with Gasteiger partial charge >= 0.3 is 6.18 Å². The second-order valence-electron chi connectivity index (χ2n) is 4.58. The average Bonchev–Trinajstić information content (AvgIpc) is 2.35. The second-order valence-corrected chi connectivity index (χ2v) is 4.58. The van der Waals surface area contributed by atoms with Crippen LogP contribution in [0.4, 0.5) is 13.2 Å². The molecule has 6 nitrogen and oxygen atoms in total. The number of nitrogens with zero attached hydrogens (tertiary/aromatic N) is 1. The van der Waals surface area contributed by atoms with Crippen molar-refractivity contribution in [3.63, 3.8) is 0 Å². The van der Waals surface area contributed by atoms with E-state index in [4.69, 9.17) is 5.73 Å². The third-order valence-electron chi connectivity index (χ3n) is 2.89. The van der Waals surface area contributed by atoms with Gasteiger partial charge in [-0.15, -0.1) is 0 Å². The monoisotopic (exact) mass is 297 g/mol. The molecule has 20 heavy (non-hydrogen) atoms. The van der Waals surface area contributed by atoms with Crippen LogP contribution in [0.2, 0.25) is 0 Å². The zero-order valence-corrected chi connectivity index (χ0v) is 10.9. The number of halogens is 3. The van der Waals surface area contributed by atoms with Crippen LogP contribution in [0.25, 0.3) is 0 Å². The predicted octanol–water partition coefficient (Wildman–Crippen LogP) is -0.369. The van der Waals surface area contributed by atoms with Crippen LogP contribution in [0, 0.1) is 0 Å². The smallest absolute Gasteiger partial charge is 0.368 e. The molecule has 1 heterocycles. The van der Waals surface area contributed by atoms with E-state index in [0.717, 1.165) is 0 Å². The number of carbonyl (C=O) groups excluding carboxylic acids is 2. The standard InChI is InChI=1S/C11H18F3N3O3/c12-11(13,14)7-20-6-10(19)17(5-9(15)18)8-1-3-16-4-2-8/h8,16H,1-7H2,(H2,15,18). The number of nitrogens with one attached hydrogen (secondary N) is 1. The van der Waals surface area contributed by atoms with Gasteiger partial charge in [0.15, 0.2) is 0 Å². The molecule has 1 aliphatic heterocycles. The molecule has 1 aliphatic rings. The number of ether oxygens (including phenoxy) is 1. The van der Waals surface area contributed by atoms with Gasteiger partial charge < -0.3 is 20.7 Å². The van der Waals surface area contributed by atoms with Crippen molar-refractivity contribution in [3.8, 4) is 0 Å². The molecule has 0 spiro atoms. The molecule has 0 saturated carbocycles. The Kier molecular flexibility index (Phi) is 6.21. The summed E-state index contributed by atoms with van der Waals surface area (Å²) in [4.78, 5) is 24.1. The highest BCUT2D eigenvalue weighted by Gasteiger charge is 2.30. The molecule has 0 atom stereocenters. The summed E-state index contributed by atoms with van der Waals surface area (Å²) >= 11 is 0. The summed E-state index contributed by atoms with van der Waals surface area (Å²) in [5.74, 6) is -1.35. The van der Waals surface area contributed by atoms with E-state index in [1.165, 1.54) is 4.90 Å². The fourth-order valence-corrected chi connectivity index (χ4v) is 2.04. The van der Waals surface area contributed by atoms with E-state index in [2.05, 4.69) is 10.1 Å². The molecule has 0 aromatic carbocycles. The van der Waals surface area contributed by atoms with Crippen molar-refractivity contribution in [2.75, 3.05) is 32.8 Å². The number of hydrogen-bond donors (Lipinski definition) is 2. The van der Waals surface area contributed by atoms with Gasteiger partial charge in [-0.1, -0.05) is 0 Å². The fourth-order valence-electron chi connectivity index (χ4n) is 2.04. The minimum absolute atomic E-state index is 0.203. The molecule has 1 rings (SSSR count). The number of piperidine rings is 1. The highest BCUT2D eigenvalue weighted by molar-refractivity contribution is 5.84. The van der Waals surface area contributed by atoms with E-state index in [1.54, 1.807) is 0 Å². The number of rotatable bonds is 6. The van der Waals surface area contributed by atoms with Gasteiger partial charge in [0.2, 0.25) is 11.8 Å². The lowest BCUT2D eigenvalue weighted by Gasteiger charge is -2.33. The first-order chi connectivity index (χ1) is 9.29. The normalized spacial score (nSPS) is 16.9. The molecular weight excluding hydrogens is 279 g/mol. The maximum absolute atomic E-state index is 11.9. The molecule has 0 aromatic rings. The lowest BCUT2D eigenvalue weighted by atomic mass is 10.0. The van der Waals surface area contributed by atoms with Gasteiger partial charge in [-0.2, -0.15) is 13.2 Å². The van der Waals surface area contributed by atoms with Crippen LogP contribution in [0.15, 0.2) is 0 Å². The van der Waals surface area contributed by atoms with Crippen molar-refractivity contribution in [1.82, 2.24) is 10.2 Å². The number of nitrogens with two attached hydrogens (primary N) is 1. The van der Waals surface area contributed by atoms with Crippen molar-refractivity contribution < 1.29 is 27.5 Å². The average molecular weight is 297 g/mol. The summed E-state index contributed by atoms with van der Waals surface area (Å²) in [5, 5.41) is 3.09. The van der Waals surface area contributed by atoms with Gasteiger partial charge in [0.1, 0.15) is 13.2 Å². The van der Waals surface area contributed by atoms with E-state index in [9.17, 15) is 22.8 Å². The van der Waals surface area contributed by atoms with Gasteiger partial charge in [-0.05, 0) is 25.9 Å². The van der Waals surface area contributed by atoms with E-state index < -0.39 is 31.2 Å². The van der Waals surface area contributed by atoms with Crippen molar-refractivity contribution in [3.05, 3.63) is 0 Å². The Hall–Kier alpha value is -1.35. The van der Waals surface area contributed by atoms with Crippen LogP contribution in [0.3, 0.4) is 0 Å². The van der Waals surface area contributed by atoms with Crippen molar-refractivity contribution in [2.24, 2.45) is 5.73 Å². The number of primary amides is 1. The zero-order chi connectivity index (χ0) is 15.2.